The largest absolute Gasteiger partial charge is 0.321 e. The Morgan fingerprint density at radius 2 is 1.67 bits per heavy atom. The quantitative estimate of drug-likeness (QED) is 0.0877. The Hall–Kier alpha value is -4.97. The highest BCUT2D eigenvalue weighted by atomic mass is 35.5. The van der Waals surface area contributed by atoms with Crippen molar-refractivity contribution in [1.82, 2.24) is 5.32 Å². The van der Waals surface area contributed by atoms with Crippen LogP contribution in [0.15, 0.2) is 108 Å². The number of hydrogen-bond acceptors (Lipinski definition) is 7. The predicted molar refractivity (Wildman–Crippen MR) is 173 cm³/mol. The van der Waals surface area contributed by atoms with Crippen LogP contribution < -0.4 is 15.5 Å². The van der Waals surface area contributed by atoms with Crippen molar-refractivity contribution in [1.29, 1.82) is 0 Å². The number of nitro benzene ring substituents is 1. The molecule has 1 unspecified atom stereocenters. The maximum Gasteiger partial charge on any atom is 0.272 e. The molecule has 0 saturated carbocycles. The second kappa shape index (κ2) is 13.8. The van der Waals surface area contributed by atoms with E-state index in [-0.39, 0.29) is 28.5 Å². The summed E-state index contributed by atoms with van der Waals surface area (Å²) in [6.07, 6.45) is 1.34. The third kappa shape index (κ3) is 7.58. The molecule has 2 N–H and O–H groups in total. The first kappa shape index (κ1) is 31.5. The zero-order valence-corrected chi connectivity index (χ0v) is 25.4. The minimum atomic E-state index is -0.735. The minimum absolute atomic E-state index is 0.0590. The van der Waals surface area contributed by atoms with Crippen molar-refractivity contribution in [2.45, 2.75) is 16.6 Å². The average molecular weight is 662 g/mol. The van der Waals surface area contributed by atoms with Crippen molar-refractivity contribution in [2.75, 3.05) is 10.2 Å². The molecular weight excluding hydrogens is 639 g/mol. The lowest BCUT2D eigenvalue weighted by molar-refractivity contribution is -0.384. The molecule has 10 nitrogen and oxygen atoms in total. The predicted octanol–water partition coefficient (Wildman–Crippen LogP) is 6.74. The van der Waals surface area contributed by atoms with Gasteiger partial charge in [0.05, 0.1) is 20.9 Å². The molecule has 1 aliphatic heterocycles. The van der Waals surface area contributed by atoms with E-state index in [2.05, 4.69) is 10.6 Å². The number of imide groups is 1. The summed E-state index contributed by atoms with van der Waals surface area (Å²) >= 11 is 13.5. The highest BCUT2D eigenvalue weighted by Gasteiger charge is 2.41. The van der Waals surface area contributed by atoms with E-state index in [0.717, 1.165) is 16.7 Å². The van der Waals surface area contributed by atoms with Crippen LogP contribution in [-0.2, 0) is 14.4 Å². The molecule has 1 aliphatic rings. The second-order valence-electron chi connectivity index (χ2n) is 9.68. The van der Waals surface area contributed by atoms with Gasteiger partial charge in [0, 0.05) is 39.7 Å². The minimum Gasteiger partial charge on any atom is -0.321 e. The lowest BCUT2D eigenvalue weighted by Gasteiger charge is -2.17. The third-order valence-electron chi connectivity index (χ3n) is 6.57. The van der Waals surface area contributed by atoms with E-state index in [0.29, 0.717) is 26.7 Å². The Kier molecular flexibility index (Phi) is 9.62. The maximum absolute atomic E-state index is 13.4. The molecule has 5 rings (SSSR count). The van der Waals surface area contributed by atoms with Gasteiger partial charge in [-0.1, -0.05) is 47.5 Å². The highest BCUT2D eigenvalue weighted by Crippen LogP contribution is 2.38. The molecule has 1 heterocycles. The summed E-state index contributed by atoms with van der Waals surface area (Å²) in [6, 6.07) is 25.0. The highest BCUT2D eigenvalue weighted by molar-refractivity contribution is 8.00. The number of halogens is 2. The van der Waals surface area contributed by atoms with Crippen molar-refractivity contribution in [3.8, 4) is 0 Å². The van der Waals surface area contributed by atoms with E-state index in [9.17, 15) is 29.3 Å². The molecule has 226 valence electrons. The Balaban J connectivity index is 1.34. The summed E-state index contributed by atoms with van der Waals surface area (Å²) < 4.78 is 0. The molecule has 0 aliphatic carbocycles. The number of hydrogen-bond donors (Lipinski definition) is 2. The van der Waals surface area contributed by atoms with Crippen LogP contribution in [0.3, 0.4) is 0 Å². The van der Waals surface area contributed by atoms with Crippen molar-refractivity contribution in [2.24, 2.45) is 0 Å². The first-order valence-corrected chi connectivity index (χ1v) is 14.9. The number of benzene rings is 4. The number of carbonyl (C=O) groups is 4. The van der Waals surface area contributed by atoms with E-state index in [1.165, 1.54) is 42.5 Å². The fraction of sp³-hybridized carbons (Fsp3) is 0.0625. The summed E-state index contributed by atoms with van der Waals surface area (Å²) in [5.74, 6) is -2.05. The first-order chi connectivity index (χ1) is 21.6. The molecule has 0 spiro atoms. The van der Waals surface area contributed by atoms with Gasteiger partial charge in [0.1, 0.15) is 5.70 Å². The fourth-order valence-corrected chi connectivity index (χ4v) is 5.90. The smallest absolute Gasteiger partial charge is 0.272 e. The van der Waals surface area contributed by atoms with Crippen molar-refractivity contribution in [3.05, 3.63) is 134 Å². The van der Waals surface area contributed by atoms with Crippen LogP contribution in [0.2, 0.25) is 10.0 Å². The van der Waals surface area contributed by atoms with Gasteiger partial charge in [-0.15, -0.1) is 11.8 Å². The summed E-state index contributed by atoms with van der Waals surface area (Å²) in [6.45, 7) is 0. The molecule has 1 fully saturated rings. The topological polar surface area (TPSA) is 139 Å². The Bertz CT molecular complexity index is 1850. The number of nitrogens with zero attached hydrogens (tertiary/aromatic N) is 2. The summed E-state index contributed by atoms with van der Waals surface area (Å²) in [7, 11) is 0. The van der Waals surface area contributed by atoms with E-state index in [1.807, 2.05) is 0 Å². The Labute approximate surface area is 271 Å². The van der Waals surface area contributed by atoms with Crippen LogP contribution in [0.25, 0.3) is 6.08 Å². The van der Waals surface area contributed by atoms with E-state index < -0.39 is 33.8 Å². The molecular formula is C32H22Cl2N4O6S. The number of non-ortho nitro benzene ring substituents is 1. The van der Waals surface area contributed by atoms with Gasteiger partial charge in [-0.2, -0.15) is 0 Å². The molecule has 4 aromatic rings. The molecule has 13 heteroatoms. The zero-order valence-electron chi connectivity index (χ0n) is 23.1. The van der Waals surface area contributed by atoms with Gasteiger partial charge in [-0.3, -0.25) is 29.3 Å². The van der Waals surface area contributed by atoms with Gasteiger partial charge in [0.25, 0.3) is 17.5 Å². The van der Waals surface area contributed by atoms with Crippen LogP contribution in [0, 0.1) is 10.1 Å². The van der Waals surface area contributed by atoms with Gasteiger partial charge >= 0.3 is 0 Å². The van der Waals surface area contributed by atoms with Crippen LogP contribution >= 0.6 is 35.0 Å². The van der Waals surface area contributed by atoms with Crippen LogP contribution in [-0.4, -0.2) is 33.8 Å². The van der Waals surface area contributed by atoms with Crippen molar-refractivity contribution in [3.63, 3.8) is 0 Å². The third-order valence-corrected chi connectivity index (χ3v) is 8.30. The van der Waals surface area contributed by atoms with E-state index in [1.54, 1.807) is 60.7 Å². The number of nitrogens with one attached hydrogen (secondary N) is 2. The number of anilines is 2. The maximum atomic E-state index is 13.4. The van der Waals surface area contributed by atoms with Gasteiger partial charge in [0.2, 0.25) is 11.8 Å². The molecule has 0 bridgehead atoms. The van der Waals surface area contributed by atoms with Crippen LogP contribution in [0.1, 0.15) is 22.3 Å². The first-order valence-electron chi connectivity index (χ1n) is 13.3. The molecule has 4 aromatic carbocycles. The normalized spacial score (nSPS) is 14.8. The van der Waals surface area contributed by atoms with Crippen LogP contribution in [0.5, 0.6) is 0 Å². The number of nitro groups is 1. The van der Waals surface area contributed by atoms with Crippen molar-refractivity contribution >= 4 is 81.7 Å². The molecule has 1 saturated heterocycles. The van der Waals surface area contributed by atoms with Crippen molar-refractivity contribution < 1.29 is 24.1 Å². The summed E-state index contributed by atoms with van der Waals surface area (Å²) in [4.78, 5) is 64.5. The number of carbonyl (C=O) groups excluding carboxylic acids is 4. The Morgan fingerprint density at radius 1 is 0.933 bits per heavy atom. The van der Waals surface area contributed by atoms with E-state index in [4.69, 9.17) is 23.2 Å². The van der Waals surface area contributed by atoms with Crippen LogP contribution in [0.4, 0.5) is 17.1 Å². The van der Waals surface area contributed by atoms with Gasteiger partial charge < -0.3 is 10.6 Å². The zero-order chi connectivity index (χ0) is 32.1. The lowest BCUT2D eigenvalue weighted by atomic mass is 10.1. The standard InChI is InChI=1S/C32H22Cl2N4O6S/c33-21-11-14-25(34)27(16-21)37-29(39)18-28(32(37)42)45-24-8-4-7-22(17-24)35-31(41)26(36-30(40)20-5-2-1-3-6-20)15-19-9-12-23(13-10-19)38(43)44/h1-17,28H,18H2,(H,35,41)(H,36,40). The summed E-state index contributed by atoms with van der Waals surface area (Å²) in [5.41, 5.74) is 1.11. The molecule has 45 heavy (non-hydrogen) atoms. The van der Waals surface area contributed by atoms with Gasteiger partial charge in [-0.05, 0) is 72.3 Å². The Morgan fingerprint density at radius 3 is 2.38 bits per heavy atom. The number of thioether (sulfide) groups is 1. The van der Waals surface area contributed by atoms with E-state index >= 15 is 0 Å². The summed E-state index contributed by atoms with van der Waals surface area (Å²) in [5, 5.41) is 16.2. The van der Waals surface area contributed by atoms with Gasteiger partial charge in [0.15, 0.2) is 0 Å². The molecule has 0 aromatic heterocycles. The number of rotatable bonds is 9. The molecule has 0 radical (unpaired) electrons. The lowest BCUT2D eigenvalue weighted by Crippen LogP contribution is -2.31. The number of amides is 4. The van der Waals surface area contributed by atoms with Gasteiger partial charge in [-0.25, -0.2) is 4.90 Å². The molecule has 4 amide bonds. The molecule has 1 atom stereocenters. The monoisotopic (exact) mass is 660 g/mol. The second-order valence-corrected chi connectivity index (χ2v) is 11.8. The SMILES string of the molecule is O=C(Nc1cccc(SC2CC(=O)N(c3cc(Cl)ccc3Cl)C2=O)c1)C(=Cc1ccc([N+](=O)[O-])cc1)NC(=O)c1ccccc1. The fourth-order valence-electron chi connectivity index (χ4n) is 4.42. The average Bonchev–Trinajstić information content (AvgIpc) is 3.30.